The molecule has 1 heterocycles. The Morgan fingerprint density at radius 1 is 1.25 bits per heavy atom. The van der Waals surface area contributed by atoms with Gasteiger partial charge in [-0.1, -0.05) is 37.3 Å². The number of carbonyl (C=O) groups excluding carboxylic acids is 1. The Morgan fingerprint density at radius 2 is 2.04 bits per heavy atom. The second-order valence-electron chi connectivity index (χ2n) is 7.03. The summed E-state index contributed by atoms with van der Waals surface area (Å²) < 4.78 is 5.26. The minimum atomic E-state index is -0.309. The van der Waals surface area contributed by atoms with Gasteiger partial charge in [-0.25, -0.2) is 4.79 Å². The molecule has 2 aliphatic rings. The monoisotopic (exact) mass is 331 g/mol. The smallest absolute Gasteiger partial charge is 0.407 e. The van der Waals surface area contributed by atoms with Gasteiger partial charge in [0.1, 0.15) is 6.61 Å². The normalized spacial score (nSPS) is 26.8. The van der Waals surface area contributed by atoms with Crippen molar-refractivity contribution in [3.05, 3.63) is 35.9 Å². The van der Waals surface area contributed by atoms with Gasteiger partial charge >= 0.3 is 6.09 Å². The van der Waals surface area contributed by atoms with E-state index in [0.717, 1.165) is 37.4 Å². The molecule has 1 aromatic carbocycles. The van der Waals surface area contributed by atoms with Crippen LogP contribution in [0.1, 0.15) is 31.7 Å². The molecule has 1 aliphatic heterocycles. The molecular weight excluding hydrogens is 302 g/mol. The van der Waals surface area contributed by atoms with Crippen LogP contribution in [0.3, 0.4) is 0 Å². The van der Waals surface area contributed by atoms with Gasteiger partial charge < -0.3 is 20.3 Å². The maximum atomic E-state index is 11.8. The van der Waals surface area contributed by atoms with Crippen molar-refractivity contribution in [3.8, 4) is 0 Å². The molecule has 1 aliphatic carbocycles. The summed E-state index contributed by atoms with van der Waals surface area (Å²) in [5.41, 5.74) is 1.01. The maximum absolute atomic E-state index is 11.8. The van der Waals surface area contributed by atoms with Gasteiger partial charge in [0.15, 0.2) is 0 Å². The number of hydrogen-bond donors (Lipinski definition) is 2. The Morgan fingerprint density at radius 3 is 2.75 bits per heavy atom. The summed E-state index contributed by atoms with van der Waals surface area (Å²) in [5.74, 6) is 0.785. The molecule has 2 fully saturated rings. The number of hydrogen-bond acceptors (Lipinski definition) is 4. The fourth-order valence-corrected chi connectivity index (χ4v) is 3.53. The van der Waals surface area contributed by atoms with Crippen molar-refractivity contribution in [1.82, 2.24) is 15.5 Å². The first kappa shape index (κ1) is 17.2. The minimum absolute atomic E-state index is 0.251. The number of amides is 1. The van der Waals surface area contributed by atoms with Gasteiger partial charge in [-0.2, -0.15) is 0 Å². The molecule has 132 valence electrons. The van der Waals surface area contributed by atoms with E-state index in [4.69, 9.17) is 4.74 Å². The van der Waals surface area contributed by atoms with Crippen molar-refractivity contribution in [2.75, 3.05) is 26.2 Å². The van der Waals surface area contributed by atoms with Gasteiger partial charge in [0.05, 0.1) is 0 Å². The summed E-state index contributed by atoms with van der Waals surface area (Å²) in [5, 5.41) is 6.60. The second-order valence-corrected chi connectivity index (χ2v) is 7.03. The predicted molar refractivity (Wildman–Crippen MR) is 94.8 cm³/mol. The van der Waals surface area contributed by atoms with Crippen molar-refractivity contribution in [2.45, 2.75) is 44.9 Å². The topological polar surface area (TPSA) is 53.6 Å². The van der Waals surface area contributed by atoms with Crippen LogP contribution in [-0.2, 0) is 11.3 Å². The van der Waals surface area contributed by atoms with Crippen LogP contribution in [0.15, 0.2) is 30.3 Å². The Balaban J connectivity index is 1.25. The van der Waals surface area contributed by atoms with E-state index < -0.39 is 0 Å². The number of benzene rings is 1. The zero-order chi connectivity index (χ0) is 16.8. The van der Waals surface area contributed by atoms with E-state index in [-0.39, 0.29) is 12.1 Å². The van der Waals surface area contributed by atoms with E-state index in [1.807, 2.05) is 30.3 Å². The van der Waals surface area contributed by atoms with Crippen LogP contribution >= 0.6 is 0 Å². The third kappa shape index (κ3) is 4.95. The number of nitrogens with zero attached hydrogens (tertiary/aromatic N) is 1. The number of alkyl carbamates (subject to hydrolysis) is 1. The molecule has 1 saturated heterocycles. The van der Waals surface area contributed by atoms with Crippen LogP contribution < -0.4 is 10.6 Å². The lowest BCUT2D eigenvalue weighted by Crippen LogP contribution is -2.53. The summed E-state index contributed by atoms with van der Waals surface area (Å²) in [6, 6.07) is 10.6. The Kier molecular flexibility index (Phi) is 6.10. The van der Waals surface area contributed by atoms with Crippen LogP contribution in [0.25, 0.3) is 0 Å². The summed E-state index contributed by atoms with van der Waals surface area (Å²) in [6.07, 6.45) is 3.01. The standard InChI is InChI=1S/C19H29N3O2/c1-2-22-9-8-16(13-22)12-20-17-10-18(11-17)21-19(23)24-14-15-6-4-3-5-7-15/h3-7,16-18,20H,2,8-14H2,1H3,(H,21,23). The molecule has 0 radical (unpaired) electrons. The molecule has 0 aromatic heterocycles. The number of nitrogens with one attached hydrogen (secondary N) is 2. The van der Waals surface area contributed by atoms with E-state index in [1.165, 1.54) is 19.5 Å². The average molecular weight is 331 g/mol. The maximum Gasteiger partial charge on any atom is 0.407 e. The van der Waals surface area contributed by atoms with Crippen molar-refractivity contribution in [1.29, 1.82) is 0 Å². The third-order valence-corrected chi connectivity index (χ3v) is 5.19. The summed E-state index contributed by atoms with van der Waals surface area (Å²) in [6.45, 7) is 7.30. The van der Waals surface area contributed by atoms with E-state index in [9.17, 15) is 4.79 Å². The molecule has 1 amide bonds. The highest BCUT2D eigenvalue weighted by molar-refractivity contribution is 5.67. The Bertz CT molecular complexity index is 517. The van der Waals surface area contributed by atoms with Gasteiger partial charge in [0.2, 0.25) is 0 Å². The van der Waals surface area contributed by atoms with E-state index in [2.05, 4.69) is 22.5 Å². The molecule has 1 atom stereocenters. The fourth-order valence-electron chi connectivity index (χ4n) is 3.53. The average Bonchev–Trinajstić information content (AvgIpc) is 3.04. The van der Waals surface area contributed by atoms with Gasteiger partial charge in [-0.15, -0.1) is 0 Å². The summed E-state index contributed by atoms with van der Waals surface area (Å²) >= 11 is 0. The van der Waals surface area contributed by atoms with Crippen LogP contribution in [-0.4, -0.2) is 49.3 Å². The van der Waals surface area contributed by atoms with E-state index in [0.29, 0.717) is 12.6 Å². The third-order valence-electron chi connectivity index (χ3n) is 5.19. The number of carbonyl (C=O) groups is 1. The number of ether oxygens (including phenoxy) is 1. The lowest BCUT2D eigenvalue weighted by Gasteiger charge is -2.36. The molecule has 1 saturated carbocycles. The van der Waals surface area contributed by atoms with E-state index in [1.54, 1.807) is 0 Å². The highest BCUT2D eigenvalue weighted by Crippen LogP contribution is 2.22. The lowest BCUT2D eigenvalue weighted by atomic mass is 9.86. The summed E-state index contributed by atoms with van der Waals surface area (Å²) in [7, 11) is 0. The Labute approximate surface area is 144 Å². The first-order chi connectivity index (χ1) is 11.7. The molecule has 0 spiro atoms. The minimum Gasteiger partial charge on any atom is -0.445 e. The quantitative estimate of drug-likeness (QED) is 0.805. The van der Waals surface area contributed by atoms with Gasteiger partial charge in [-0.05, 0) is 50.4 Å². The van der Waals surface area contributed by atoms with Gasteiger partial charge in [0.25, 0.3) is 0 Å². The van der Waals surface area contributed by atoms with Crippen LogP contribution in [0.2, 0.25) is 0 Å². The van der Waals surface area contributed by atoms with E-state index >= 15 is 0 Å². The van der Waals surface area contributed by atoms with Crippen LogP contribution in [0.5, 0.6) is 0 Å². The van der Waals surface area contributed by atoms with Crippen molar-refractivity contribution < 1.29 is 9.53 Å². The van der Waals surface area contributed by atoms with Crippen molar-refractivity contribution in [2.24, 2.45) is 5.92 Å². The van der Waals surface area contributed by atoms with Gasteiger partial charge in [0, 0.05) is 18.6 Å². The van der Waals surface area contributed by atoms with Crippen LogP contribution in [0, 0.1) is 5.92 Å². The Hall–Kier alpha value is -1.59. The summed E-state index contributed by atoms with van der Waals surface area (Å²) in [4.78, 5) is 14.3. The molecule has 1 aromatic rings. The highest BCUT2D eigenvalue weighted by Gasteiger charge is 2.31. The van der Waals surface area contributed by atoms with Crippen LogP contribution in [0.4, 0.5) is 4.79 Å². The fraction of sp³-hybridized carbons (Fsp3) is 0.632. The molecular formula is C19H29N3O2. The number of rotatable bonds is 7. The lowest BCUT2D eigenvalue weighted by molar-refractivity contribution is 0.125. The molecule has 0 bridgehead atoms. The molecule has 24 heavy (non-hydrogen) atoms. The highest BCUT2D eigenvalue weighted by atomic mass is 16.5. The SMILES string of the molecule is CCN1CCC(CNC2CC(NC(=O)OCc3ccccc3)C2)C1. The first-order valence-corrected chi connectivity index (χ1v) is 9.16. The zero-order valence-corrected chi connectivity index (χ0v) is 14.5. The molecule has 3 rings (SSSR count). The van der Waals surface area contributed by atoms with Crippen molar-refractivity contribution >= 4 is 6.09 Å². The zero-order valence-electron chi connectivity index (χ0n) is 14.5. The molecule has 2 N–H and O–H groups in total. The molecule has 5 nitrogen and oxygen atoms in total. The molecule has 5 heteroatoms. The first-order valence-electron chi connectivity index (χ1n) is 9.16. The predicted octanol–water partition coefficient (Wildman–Crippen LogP) is 2.38. The molecule has 1 unspecified atom stereocenters. The van der Waals surface area contributed by atoms with Gasteiger partial charge in [-0.3, -0.25) is 0 Å². The largest absolute Gasteiger partial charge is 0.445 e. The number of likely N-dealkylation sites (tertiary alicyclic amines) is 1. The van der Waals surface area contributed by atoms with Crippen molar-refractivity contribution in [3.63, 3.8) is 0 Å². The second kappa shape index (κ2) is 8.49.